The molecule has 3 heterocycles. The van der Waals surface area contributed by atoms with Gasteiger partial charge in [0.1, 0.15) is 5.82 Å². The van der Waals surface area contributed by atoms with Crippen LogP contribution in [-0.4, -0.2) is 38.3 Å². The second-order valence-corrected chi connectivity index (χ2v) is 6.70. The van der Waals surface area contributed by atoms with E-state index in [0.29, 0.717) is 11.3 Å². The standard InChI is InChI=1S/C15H21N7/c1-21-14(18-19-20-21)11-8-15(9-11)4-6-22(7-5-15)13-3-2-12(16)10-17-13/h2-3,10-11H,4-9,16H2,1H3. The van der Waals surface area contributed by atoms with Crippen molar-refractivity contribution >= 4 is 11.5 Å². The SMILES string of the molecule is Cn1nnnc1C1CC2(CCN(c3ccc(N)cn3)CC2)C1. The average molecular weight is 299 g/mol. The molecule has 1 saturated carbocycles. The number of hydrogen-bond acceptors (Lipinski definition) is 6. The highest BCUT2D eigenvalue weighted by Gasteiger charge is 2.47. The number of tetrazole rings is 1. The first-order chi connectivity index (χ1) is 10.7. The summed E-state index contributed by atoms with van der Waals surface area (Å²) in [6.07, 6.45) is 6.61. The van der Waals surface area contributed by atoms with E-state index in [4.69, 9.17) is 5.73 Å². The maximum absolute atomic E-state index is 5.70. The second kappa shape index (κ2) is 4.93. The van der Waals surface area contributed by atoms with E-state index in [1.165, 1.54) is 25.7 Å². The first-order valence-electron chi connectivity index (χ1n) is 7.84. The molecular weight excluding hydrogens is 278 g/mol. The molecule has 22 heavy (non-hydrogen) atoms. The fourth-order valence-electron chi connectivity index (χ4n) is 3.95. The van der Waals surface area contributed by atoms with Crippen LogP contribution in [0.1, 0.15) is 37.4 Å². The number of anilines is 2. The Kier molecular flexibility index (Phi) is 3.02. The highest BCUT2D eigenvalue weighted by Crippen LogP contribution is 2.56. The van der Waals surface area contributed by atoms with Crippen molar-refractivity contribution in [2.45, 2.75) is 31.6 Å². The second-order valence-electron chi connectivity index (χ2n) is 6.70. The molecule has 1 aliphatic heterocycles. The van der Waals surface area contributed by atoms with Gasteiger partial charge in [-0.05, 0) is 53.7 Å². The van der Waals surface area contributed by atoms with Crippen LogP contribution in [0.4, 0.5) is 11.5 Å². The third-order valence-electron chi connectivity index (χ3n) is 5.30. The molecule has 2 N–H and O–H groups in total. The highest BCUT2D eigenvalue weighted by atomic mass is 15.5. The molecule has 0 radical (unpaired) electrons. The fraction of sp³-hybridized carbons (Fsp3) is 0.600. The van der Waals surface area contributed by atoms with Gasteiger partial charge in [0.05, 0.1) is 11.9 Å². The van der Waals surface area contributed by atoms with Gasteiger partial charge in [-0.25, -0.2) is 9.67 Å². The van der Waals surface area contributed by atoms with Gasteiger partial charge < -0.3 is 10.6 Å². The summed E-state index contributed by atoms with van der Waals surface area (Å²) in [6.45, 7) is 2.14. The van der Waals surface area contributed by atoms with E-state index in [-0.39, 0.29) is 0 Å². The van der Waals surface area contributed by atoms with Crippen LogP contribution < -0.4 is 10.6 Å². The van der Waals surface area contributed by atoms with Crippen LogP contribution in [0, 0.1) is 5.41 Å². The summed E-state index contributed by atoms with van der Waals surface area (Å²) in [4.78, 5) is 6.79. The van der Waals surface area contributed by atoms with Crippen LogP contribution in [0.3, 0.4) is 0 Å². The van der Waals surface area contributed by atoms with E-state index in [9.17, 15) is 0 Å². The van der Waals surface area contributed by atoms with Gasteiger partial charge in [-0.1, -0.05) is 0 Å². The van der Waals surface area contributed by atoms with Gasteiger partial charge in [0.2, 0.25) is 0 Å². The third-order valence-corrected chi connectivity index (χ3v) is 5.30. The fourth-order valence-corrected chi connectivity index (χ4v) is 3.95. The Hall–Kier alpha value is -2.18. The average Bonchev–Trinajstić information content (AvgIpc) is 2.92. The number of pyridine rings is 1. The number of nitrogen functional groups attached to an aromatic ring is 1. The molecule has 1 spiro atoms. The Morgan fingerprint density at radius 3 is 2.59 bits per heavy atom. The van der Waals surface area contributed by atoms with Gasteiger partial charge in [0.25, 0.3) is 0 Å². The van der Waals surface area contributed by atoms with E-state index in [1.54, 1.807) is 6.20 Å². The van der Waals surface area contributed by atoms with Gasteiger partial charge in [-0.15, -0.1) is 5.10 Å². The van der Waals surface area contributed by atoms with E-state index >= 15 is 0 Å². The van der Waals surface area contributed by atoms with E-state index in [2.05, 4.69) is 25.4 Å². The molecule has 2 aromatic rings. The molecule has 1 saturated heterocycles. The molecule has 0 aromatic carbocycles. The van der Waals surface area contributed by atoms with Crippen molar-refractivity contribution in [1.82, 2.24) is 25.2 Å². The van der Waals surface area contributed by atoms with Crippen LogP contribution in [0.2, 0.25) is 0 Å². The topological polar surface area (TPSA) is 85.8 Å². The van der Waals surface area contributed by atoms with Crippen LogP contribution in [0.25, 0.3) is 0 Å². The Balaban J connectivity index is 1.37. The molecule has 0 unspecified atom stereocenters. The molecule has 2 aromatic heterocycles. The molecule has 0 bridgehead atoms. The first-order valence-corrected chi connectivity index (χ1v) is 7.84. The lowest BCUT2D eigenvalue weighted by Gasteiger charge is -2.51. The minimum atomic E-state index is 0.487. The largest absolute Gasteiger partial charge is 0.397 e. The molecular formula is C15H21N7. The van der Waals surface area contributed by atoms with Crippen LogP contribution in [-0.2, 0) is 7.05 Å². The highest BCUT2D eigenvalue weighted by molar-refractivity contribution is 5.46. The van der Waals surface area contributed by atoms with Crippen LogP contribution >= 0.6 is 0 Å². The summed E-state index contributed by atoms with van der Waals surface area (Å²) in [5, 5.41) is 11.9. The number of aromatic nitrogens is 5. The van der Waals surface area contributed by atoms with Crippen molar-refractivity contribution in [1.29, 1.82) is 0 Å². The van der Waals surface area contributed by atoms with Gasteiger partial charge in [-0.3, -0.25) is 0 Å². The van der Waals surface area contributed by atoms with Crippen molar-refractivity contribution in [3.63, 3.8) is 0 Å². The number of hydrogen-bond donors (Lipinski definition) is 1. The van der Waals surface area contributed by atoms with Crippen LogP contribution in [0.15, 0.2) is 18.3 Å². The summed E-state index contributed by atoms with van der Waals surface area (Å²) in [7, 11) is 1.93. The normalized spacial score (nSPS) is 21.0. The first kappa shape index (κ1) is 13.5. The Bertz CT molecular complexity index is 647. The summed E-state index contributed by atoms with van der Waals surface area (Å²) >= 11 is 0. The summed E-state index contributed by atoms with van der Waals surface area (Å²) < 4.78 is 1.81. The third kappa shape index (κ3) is 2.20. The van der Waals surface area contributed by atoms with Gasteiger partial charge in [-0.2, -0.15) is 0 Å². The number of nitrogens with zero attached hydrogens (tertiary/aromatic N) is 6. The lowest BCUT2D eigenvalue weighted by atomic mass is 9.57. The monoisotopic (exact) mass is 299 g/mol. The van der Waals surface area contributed by atoms with E-state index < -0.39 is 0 Å². The Morgan fingerprint density at radius 1 is 1.23 bits per heavy atom. The lowest BCUT2D eigenvalue weighted by molar-refractivity contribution is 0.0625. The molecule has 2 aliphatic rings. The number of piperidine rings is 1. The Labute approximate surface area is 129 Å². The van der Waals surface area contributed by atoms with Crippen molar-refractivity contribution in [3.8, 4) is 0 Å². The van der Waals surface area contributed by atoms with Gasteiger partial charge in [0.15, 0.2) is 5.82 Å². The summed E-state index contributed by atoms with van der Waals surface area (Å²) in [6, 6.07) is 3.94. The molecule has 0 atom stereocenters. The quantitative estimate of drug-likeness (QED) is 0.901. The molecule has 116 valence electrons. The van der Waals surface area contributed by atoms with E-state index in [1.807, 2.05) is 23.9 Å². The van der Waals surface area contributed by atoms with Crippen molar-refractivity contribution < 1.29 is 0 Å². The molecule has 2 fully saturated rings. The van der Waals surface area contributed by atoms with Crippen molar-refractivity contribution in [2.24, 2.45) is 12.5 Å². The zero-order valence-electron chi connectivity index (χ0n) is 12.8. The maximum atomic E-state index is 5.70. The number of aryl methyl sites for hydroxylation is 1. The minimum Gasteiger partial charge on any atom is -0.397 e. The van der Waals surface area contributed by atoms with Crippen molar-refractivity contribution in [2.75, 3.05) is 23.7 Å². The van der Waals surface area contributed by atoms with Crippen molar-refractivity contribution in [3.05, 3.63) is 24.2 Å². The van der Waals surface area contributed by atoms with E-state index in [0.717, 1.165) is 30.4 Å². The molecule has 0 amide bonds. The summed E-state index contributed by atoms with van der Waals surface area (Å²) in [5.74, 6) is 2.60. The molecule has 1 aliphatic carbocycles. The van der Waals surface area contributed by atoms with Gasteiger partial charge in [0, 0.05) is 26.1 Å². The number of rotatable bonds is 2. The van der Waals surface area contributed by atoms with Crippen LogP contribution in [0.5, 0.6) is 0 Å². The minimum absolute atomic E-state index is 0.487. The Morgan fingerprint density at radius 2 is 2.00 bits per heavy atom. The predicted molar refractivity (Wildman–Crippen MR) is 83.3 cm³/mol. The predicted octanol–water partition coefficient (Wildman–Crippen LogP) is 1.35. The molecule has 7 nitrogen and oxygen atoms in total. The summed E-state index contributed by atoms with van der Waals surface area (Å²) in [5.41, 5.74) is 6.91. The molecule has 7 heteroatoms. The lowest BCUT2D eigenvalue weighted by Crippen LogP contribution is -2.47. The molecule has 4 rings (SSSR count). The maximum Gasteiger partial charge on any atom is 0.154 e. The zero-order chi connectivity index (χ0) is 15.2. The smallest absolute Gasteiger partial charge is 0.154 e. The number of nitrogens with two attached hydrogens (primary N) is 1. The van der Waals surface area contributed by atoms with Gasteiger partial charge >= 0.3 is 0 Å². The zero-order valence-corrected chi connectivity index (χ0v) is 12.8.